The van der Waals surface area contributed by atoms with E-state index < -0.39 is 4.92 Å². The Hall–Kier alpha value is -1.92. The first-order chi connectivity index (χ1) is 10.5. The fourth-order valence-corrected chi connectivity index (χ4v) is 3.08. The van der Waals surface area contributed by atoms with Crippen molar-refractivity contribution >= 4 is 33.9 Å². The van der Waals surface area contributed by atoms with Gasteiger partial charge in [-0.15, -0.1) is 0 Å². The fourth-order valence-electron chi connectivity index (χ4n) is 2.92. The number of anilines is 1. The Labute approximate surface area is 132 Å². The minimum Gasteiger partial charge on any atom is -0.393 e. The number of hydrogen-bond donors (Lipinski definition) is 2. The van der Waals surface area contributed by atoms with Crippen LogP contribution in [0, 0.1) is 16.0 Å². The van der Waals surface area contributed by atoms with Crippen LogP contribution < -0.4 is 5.32 Å². The van der Waals surface area contributed by atoms with E-state index in [0.717, 1.165) is 24.6 Å². The third-order valence-electron chi connectivity index (χ3n) is 4.14. The van der Waals surface area contributed by atoms with Gasteiger partial charge in [0.1, 0.15) is 10.8 Å². The van der Waals surface area contributed by atoms with Crippen molar-refractivity contribution in [2.45, 2.75) is 25.4 Å². The number of aromatic nitrogens is 1. The molecule has 0 aliphatic heterocycles. The monoisotopic (exact) mass is 321 g/mol. The summed E-state index contributed by atoms with van der Waals surface area (Å²) < 4.78 is 0. The molecule has 0 saturated heterocycles. The SMILES string of the molecule is O=[N+]([O-])c1cc2nc(Cl)ccc2cc1NC[C@H]1CCC[C@H]1O. The average Bonchev–Trinajstić information content (AvgIpc) is 2.89. The first kappa shape index (κ1) is 15.0. The van der Waals surface area contributed by atoms with Crippen LogP contribution in [0.5, 0.6) is 0 Å². The molecule has 0 amide bonds. The van der Waals surface area contributed by atoms with E-state index in [4.69, 9.17) is 11.6 Å². The maximum Gasteiger partial charge on any atom is 0.294 e. The van der Waals surface area contributed by atoms with Gasteiger partial charge in [-0.2, -0.15) is 0 Å². The molecule has 1 saturated carbocycles. The van der Waals surface area contributed by atoms with Gasteiger partial charge < -0.3 is 10.4 Å². The number of pyridine rings is 1. The Morgan fingerprint density at radius 2 is 2.23 bits per heavy atom. The second kappa shape index (κ2) is 6.06. The van der Waals surface area contributed by atoms with Gasteiger partial charge in [0, 0.05) is 23.9 Å². The Kier molecular flexibility index (Phi) is 4.13. The number of fused-ring (bicyclic) bond motifs is 1. The maximum absolute atomic E-state index is 11.3. The summed E-state index contributed by atoms with van der Waals surface area (Å²) in [6, 6.07) is 6.57. The molecule has 0 spiro atoms. The highest BCUT2D eigenvalue weighted by atomic mass is 35.5. The predicted octanol–water partition coefficient (Wildman–Crippen LogP) is 3.37. The minimum atomic E-state index is -0.435. The van der Waals surface area contributed by atoms with Gasteiger partial charge in [0.2, 0.25) is 0 Å². The van der Waals surface area contributed by atoms with E-state index >= 15 is 0 Å². The number of rotatable bonds is 4. The molecule has 1 aliphatic rings. The van der Waals surface area contributed by atoms with Gasteiger partial charge in [0.05, 0.1) is 16.5 Å². The largest absolute Gasteiger partial charge is 0.393 e. The Balaban J connectivity index is 1.91. The van der Waals surface area contributed by atoms with Crippen molar-refractivity contribution in [1.82, 2.24) is 4.98 Å². The third kappa shape index (κ3) is 2.98. The van der Waals surface area contributed by atoms with Gasteiger partial charge in [-0.25, -0.2) is 4.98 Å². The molecule has 1 fully saturated rings. The van der Waals surface area contributed by atoms with Crippen molar-refractivity contribution in [2.24, 2.45) is 5.92 Å². The quantitative estimate of drug-likeness (QED) is 0.512. The summed E-state index contributed by atoms with van der Waals surface area (Å²) in [6.07, 6.45) is 2.41. The molecule has 0 radical (unpaired) electrons. The van der Waals surface area contributed by atoms with Crippen molar-refractivity contribution in [3.63, 3.8) is 0 Å². The molecule has 2 atom stereocenters. The predicted molar refractivity (Wildman–Crippen MR) is 85.2 cm³/mol. The van der Waals surface area contributed by atoms with Crippen LogP contribution >= 0.6 is 11.6 Å². The van der Waals surface area contributed by atoms with E-state index in [9.17, 15) is 15.2 Å². The number of hydrogen-bond acceptors (Lipinski definition) is 5. The van der Waals surface area contributed by atoms with E-state index in [0.29, 0.717) is 22.9 Å². The molecular weight excluding hydrogens is 306 g/mol. The number of benzene rings is 1. The van der Waals surface area contributed by atoms with Crippen molar-refractivity contribution in [3.05, 3.63) is 39.5 Å². The first-order valence-corrected chi connectivity index (χ1v) is 7.59. The second-order valence-electron chi connectivity index (χ2n) is 5.59. The van der Waals surface area contributed by atoms with Crippen LogP contribution in [-0.4, -0.2) is 27.7 Å². The lowest BCUT2D eigenvalue weighted by Crippen LogP contribution is -2.22. The summed E-state index contributed by atoms with van der Waals surface area (Å²) in [5.74, 6) is 0.138. The lowest BCUT2D eigenvalue weighted by Gasteiger charge is -2.16. The lowest BCUT2D eigenvalue weighted by molar-refractivity contribution is -0.383. The molecule has 1 aromatic heterocycles. The molecule has 0 unspecified atom stereocenters. The summed E-state index contributed by atoms with van der Waals surface area (Å²) in [7, 11) is 0. The smallest absolute Gasteiger partial charge is 0.294 e. The third-order valence-corrected chi connectivity index (χ3v) is 4.35. The molecule has 116 valence electrons. The number of nitro groups is 1. The molecule has 1 aromatic carbocycles. The zero-order valence-corrected chi connectivity index (χ0v) is 12.6. The molecule has 6 nitrogen and oxygen atoms in total. The summed E-state index contributed by atoms with van der Waals surface area (Å²) in [5, 5.41) is 25.3. The molecule has 1 heterocycles. The molecule has 0 bridgehead atoms. The Bertz CT molecular complexity index is 722. The van der Waals surface area contributed by atoms with Crippen molar-refractivity contribution in [3.8, 4) is 0 Å². The first-order valence-electron chi connectivity index (χ1n) is 7.21. The van der Waals surface area contributed by atoms with Gasteiger partial charge in [-0.05, 0) is 31.0 Å². The molecule has 22 heavy (non-hydrogen) atoms. The van der Waals surface area contributed by atoms with E-state index in [1.54, 1.807) is 18.2 Å². The van der Waals surface area contributed by atoms with E-state index in [1.807, 2.05) is 0 Å². The highest BCUT2D eigenvalue weighted by Gasteiger charge is 2.26. The normalized spacial score (nSPS) is 21.2. The molecule has 1 aliphatic carbocycles. The summed E-state index contributed by atoms with van der Waals surface area (Å²) in [5.41, 5.74) is 0.904. The van der Waals surface area contributed by atoms with Gasteiger partial charge in [0.25, 0.3) is 5.69 Å². The number of nitro benzene ring substituents is 1. The Morgan fingerprint density at radius 1 is 1.41 bits per heavy atom. The van der Waals surface area contributed by atoms with E-state index in [2.05, 4.69) is 10.3 Å². The van der Waals surface area contributed by atoms with Crippen molar-refractivity contribution in [2.75, 3.05) is 11.9 Å². The van der Waals surface area contributed by atoms with Crippen LogP contribution in [0.1, 0.15) is 19.3 Å². The molecule has 7 heteroatoms. The zero-order chi connectivity index (χ0) is 15.7. The fraction of sp³-hybridized carbons (Fsp3) is 0.400. The highest BCUT2D eigenvalue weighted by molar-refractivity contribution is 6.29. The van der Waals surface area contributed by atoms with Gasteiger partial charge >= 0.3 is 0 Å². The minimum absolute atomic E-state index is 0.0326. The summed E-state index contributed by atoms with van der Waals surface area (Å²) in [4.78, 5) is 14.9. The number of aliphatic hydroxyl groups is 1. The Morgan fingerprint density at radius 3 is 2.91 bits per heavy atom. The topological polar surface area (TPSA) is 88.3 Å². The average molecular weight is 322 g/mol. The number of nitrogens with zero attached hydrogens (tertiary/aromatic N) is 2. The highest BCUT2D eigenvalue weighted by Crippen LogP contribution is 2.32. The van der Waals surface area contributed by atoms with Gasteiger partial charge in [-0.3, -0.25) is 10.1 Å². The molecule has 2 N–H and O–H groups in total. The number of halogens is 1. The maximum atomic E-state index is 11.3. The van der Waals surface area contributed by atoms with Crippen LogP contribution in [-0.2, 0) is 0 Å². The zero-order valence-electron chi connectivity index (χ0n) is 11.8. The van der Waals surface area contributed by atoms with Crippen LogP contribution in [0.25, 0.3) is 10.9 Å². The van der Waals surface area contributed by atoms with Crippen molar-refractivity contribution in [1.29, 1.82) is 0 Å². The van der Waals surface area contributed by atoms with Crippen LogP contribution in [0.4, 0.5) is 11.4 Å². The summed E-state index contributed by atoms with van der Waals surface area (Å²) >= 11 is 5.83. The van der Waals surface area contributed by atoms with E-state index in [-0.39, 0.29) is 17.7 Å². The number of nitrogens with one attached hydrogen (secondary N) is 1. The second-order valence-corrected chi connectivity index (χ2v) is 5.98. The van der Waals surface area contributed by atoms with Crippen LogP contribution in [0.15, 0.2) is 24.3 Å². The number of aliphatic hydroxyl groups excluding tert-OH is 1. The van der Waals surface area contributed by atoms with Gasteiger partial charge in [-0.1, -0.05) is 18.0 Å². The molecule has 3 rings (SSSR count). The van der Waals surface area contributed by atoms with Crippen LogP contribution in [0.2, 0.25) is 5.15 Å². The lowest BCUT2D eigenvalue weighted by atomic mass is 10.1. The van der Waals surface area contributed by atoms with Gasteiger partial charge in [0.15, 0.2) is 0 Å². The molecule has 2 aromatic rings. The van der Waals surface area contributed by atoms with Crippen LogP contribution in [0.3, 0.4) is 0 Å². The van der Waals surface area contributed by atoms with Crippen molar-refractivity contribution < 1.29 is 10.0 Å². The molecular formula is C15H16ClN3O3. The van der Waals surface area contributed by atoms with E-state index in [1.165, 1.54) is 6.07 Å². The standard InChI is InChI=1S/C15H16ClN3O3/c16-15-5-4-9-6-12(13(19(21)22)7-11(9)18-15)17-8-10-2-1-3-14(10)20/h4-7,10,14,17,20H,1-3,8H2/t10-,14-/m1/s1. The summed E-state index contributed by atoms with van der Waals surface area (Å²) in [6.45, 7) is 0.522.